The van der Waals surface area contributed by atoms with Crippen molar-refractivity contribution >= 4 is 61.1 Å². The third-order valence-corrected chi connectivity index (χ3v) is 23.8. The second-order valence-corrected chi connectivity index (χ2v) is 36.0. The predicted molar refractivity (Wildman–Crippen MR) is 305 cm³/mol. The van der Waals surface area contributed by atoms with Crippen LogP contribution in [0, 0.1) is 10.8 Å². The number of rotatable bonds is 14. The van der Waals surface area contributed by atoms with Gasteiger partial charge in [-0.3, -0.25) is 9.80 Å². The lowest BCUT2D eigenvalue weighted by Gasteiger charge is -2.38. The summed E-state index contributed by atoms with van der Waals surface area (Å²) >= 11 is 0. The molecule has 4 aromatic rings. The summed E-state index contributed by atoms with van der Waals surface area (Å²) in [6.07, 6.45) is 31.1. The normalized spacial score (nSPS) is 22.9. The largest absolute Gasteiger partial charge is 0.359 e. The van der Waals surface area contributed by atoms with E-state index in [2.05, 4.69) is 77.5 Å². The fourth-order valence-corrected chi connectivity index (χ4v) is 17.2. The maximum absolute atomic E-state index is 13.4. The molecule has 7 aliphatic carbocycles. The Morgan fingerprint density at radius 1 is 0.649 bits per heavy atom. The van der Waals surface area contributed by atoms with Gasteiger partial charge in [0.05, 0.1) is 0 Å². The molecule has 77 heavy (non-hydrogen) atoms. The van der Waals surface area contributed by atoms with Crippen molar-refractivity contribution < 1.29 is 21.6 Å². The van der Waals surface area contributed by atoms with Crippen molar-refractivity contribution in [3.8, 4) is 0 Å². The number of aromatic nitrogens is 6. The van der Waals surface area contributed by atoms with E-state index in [1.54, 1.807) is 4.31 Å². The highest BCUT2D eigenvalue weighted by Crippen LogP contribution is 2.48. The average Bonchev–Trinajstić information content (AvgIpc) is 3.91. The van der Waals surface area contributed by atoms with Gasteiger partial charge in [0, 0.05) is 75.0 Å². The molecule has 0 unspecified atom stereocenters. The van der Waals surface area contributed by atoms with Crippen LogP contribution in [0.15, 0.2) is 22.4 Å². The summed E-state index contributed by atoms with van der Waals surface area (Å²) in [7, 11) is -3.40. The summed E-state index contributed by atoms with van der Waals surface area (Å²) in [6, 6.07) is 7.58. The van der Waals surface area contributed by atoms with Gasteiger partial charge in [-0.1, -0.05) is 51.0 Å². The molecule has 3 saturated carbocycles. The fourth-order valence-electron chi connectivity index (χ4n) is 14.6. The first-order chi connectivity index (χ1) is 37.0. The smallest absolute Gasteiger partial charge is 0.298 e. The summed E-state index contributed by atoms with van der Waals surface area (Å²) < 4.78 is 59.3. The molecular weight excluding hydrogens is 1050 g/mol. The molecule has 5 heterocycles. The Bertz CT molecular complexity index is 2980. The van der Waals surface area contributed by atoms with Crippen molar-refractivity contribution in [1.29, 1.82) is 0 Å². The molecule has 0 radical (unpaired) electrons. The highest BCUT2D eigenvalue weighted by molar-refractivity contribution is 8.13. The summed E-state index contributed by atoms with van der Waals surface area (Å²) in [5.74, 6) is 0.717. The van der Waals surface area contributed by atoms with Crippen LogP contribution in [0.2, 0.25) is 25.7 Å². The van der Waals surface area contributed by atoms with Crippen LogP contribution >= 0.6 is 10.7 Å². The number of halogens is 1. The number of ether oxygens (including phenoxy) is 1. The van der Waals surface area contributed by atoms with Crippen molar-refractivity contribution in [2.24, 2.45) is 10.8 Å². The van der Waals surface area contributed by atoms with E-state index in [0.717, 1.165) is 119 Å². The Kier molecular flexibility index (Phi) is 15.3. The molecule has 2 spiro atoms. The molecular formula is C57H84ClN11O5S2Si. The number of piperidine rings is 1. The molecule has 0 atom stereocenters. The number of sulfonamides is 1. The minimum atomic E-state index is -4.03. The van der Waals surface area contributed by atoms with Crippen LogP contribution in [0.1, 0.15) is 154 Å². The summed E-state index contributed by atoms with van der Waals surface area (Å²) in [5.41, 5.74) is 14.3. The van der Waals surface area contributed by atoms with E-state index in [1.807, 2.05) is 0 Å². The minimum absolute atomic E-state index is 0.0406. The Morgan fingerprint density at radius 3 is 1.64 bits per heavy atom. The Morgan fingerprint density at radius 2 is 1.14 bits per heavy atom. The second-order valence-electron chi connectivity index (χ2n) is 26.1. The minimum Gasteiger partial charge on any atom is -0.359 e. The first kappa shape index (κ1) is 54.2. The second kappa shape index (κ2) is 21.8. The quantitative estimate of drug-likeness (QED) is 0.0617. The Balaban J connectivity index is 0.000000126. The van der Waals surface area contributed by atoms with Gasteiger partial charge >= 0.3 is 0 Å². The number of anilines is 4. The van der Waals surface area contributed by atoms with Gasteiger partial charge in [-0.25, -0.2) is 26.6 Å². The van der Waals surface area contributed by atoms with E-state index in [1.165, 1.54) is 152 Å². The number of nitrogens with zero attached hydrogens (tertiary/aromatic N) is 8. The van der Waals surface area contributed by atoms with Crippen molar-refractivity contribution in [1.82, 2.24) is 44.1 Å². The molecule has 14 rings (SSSR count). The third-order valence-electron chi connectivity index (χ3n) is 19.3. The molecule has 420 valence electrons. The van der Waals surface area contributed by atoms with Gasteiger partial charge in [0.25, 0.3) is 29.4 Å². The zero-order valence-electron chi connectivity index (χ0n) is 46.2. The van der Waals surface area contributed by atoms with Crippen molar-refractivity contribution in [2.75, 3.05) is 56.5 Å². The van der Waals surface area contributed by atoms with Crippen molar-refractivity contribution in [2.45, 2.75) is 215 Å². The number of H-pyrrole nitrogens is 1. The molecule has 0 amide bonds. The highest BCUT2D eigenvalue weighted by atomic mass is 35.7. The van der Waals surface area contributed by atoms with Gasteiger partial charge < -0.3 is 15.4 Å². The van der Waals surface area contributed by atoms with Crippen molar-refractivity contribution in [3.63, 3.8) is 0 Å². The monoisotopic (exact) mass is 1130 g/mol. The molecule has 3 saturated heterocycles. The van der Waals surface area contributed by atoms with Gasteiger partial charge in [-0.05, 0) is 216 Å². The number of hydrogen-bond acceptors (Lipinski definition) is 13. The molecule has 20 heteroatoms. The molecule has 2 aromatic carbocycles. The average molecular weight is 1130 g/mol. The van der Waals surface area contributed by atoms with E-state index < -0.39 is 32.3 Å². The van der Waals surface area contributed by atoms with Crippen LogP contribution in [-0.4, -0.2) is 127 Å². The lowest BCUT2D eigenvalue weighted by atomic mass is 9.73. The molecule has 10 aliphatic rings. The number of aryl methyl sites for hydroxylation is 4. The van der Waals surface area contributed by atoms with E-state index in [-0.39, 0.29) is 11.9 Å². The molecule has 3 N–H and O–H groups in total. The van der Waals surface area contributed by atoms with Crippen LogP contribution in [0.3, 0.4) is 0 Å². The summed E-state index contributed by atoms with van der Waals surface area (Å²) in [6.45, 7) is 13.9. The molecule has 16 nitrogen and oxygen atoms in total. The number of benzene rings is 2. The zero-order valence-corrected chi connectivity index (χ0v) is 49.6. The topological polar surface area (TPSA) is 184 Å². The van der Waals surface area contributed by atoms with Crippen LogP contribution in [-0.2, 0) is 81.9 Å². The van der Waals surface area contributed by atoms with Gasteiger partial charge in [-0.15, -0.1) is 10.2 Å². The number of aromatic amines is 1. The zero-order chi connectivity index (χ0) is 53.2. The van der Waals surface area contributed by atoms with Gasteiger partial charge in [0.15, 0.2) is 0 Å². The van der Waals surface area contributed by atoms with Crippen LogP contribution in [0.4, 0.5) is 23.3 Å². The number of hydrogen-bond donors (Lipinski definition) is 3. The van der Waals surface area contributed by atoms with Crippen LogP contribution < -0.4 is 10.6 Å². The van der Waals surface area contributed by atoms with Crippen molar-refractivity contribution in [3.05, 3.63) is 56.6 Å². The maximum Gasteiger partial charge on any atom is 0.298 e. The molecule has 3 aliphatic heterocycles. The van der Waals surface area contributed by atoms with Crippen LogP contribution in [0.5, 0.6) is 0 Å². The molecule has 2 aromatic heterocycles. The number of fused-ring (bicyclic) bond motifs is 4. The molecule has 6 fully saturated rings. The number of nitrogens with one attached hydrogen (secondary N) is 3. The highest BCUT2D eigenvalue weighted by Gasteiger charge is 2.47. The maximum atomic E-state index is 13.4. The van der Waals surface area contributed by atoms with Gasteiger partial charge in [-0.2, -0.15) is 14.3 Å². The van der Waals surface area contributed by atoms with E-state index in [9.17, 15) is 16.8 Å². The first-order valence-electron chi connectivity index (χ1n) is 29.8. The third kappa shape index (κ3) is 12.0. The lowest BCUT2D eigenvalue weighted by molar-refractivity contribution is 0.0792. The number of likely N-dealkylation sites (tertiary alicyclic amines) is 2. The van der Waals surface area contributed by atoms with Gasteiger partial charge in [0.1, 0.15) is 6.73 Å². The lowest BCUT2D eigenvalue weighted by Crippen LogP contribution is -2.44. The SMILES string of the molecule is C1CCC2(CC1)CCN(C1CC1)C2.C[Si](C)(C)CCOCn1nc(S(=O)(=O)Cl)nc1Nc1c2c(cc3c1CCC3)CCC2.O=S(=O)(c1nc(Nc2c3c(cc4c2CCC4)CCC3)n[nH]1)N1CCC2(CCN(C3CC3)C2)CC1. The van der Waals surface area contributed by atoms with Gasteiger partial charge in [0.2, 0.25) is 11.9 Å². The molecule has 0 bridgehead atoms. The Labute approximate surface area is 463 Å². The standard InChI is InChI=1S/C25H34N6O2S.C20H29ClN4O3SSi.C12H21N/c32-34(33,31-13-10-25(11-14-31)9-12-30(16-25)19-7-8-19)24-27-23(28-29-24)26-22-20-5-1-3-17(20)15-18-4-2-6-21(18)22;1-30(2,3)11-10-28-13-25-19(23-20(24-25)29(21,26)27)22-18-16-8-4-6-14(16)12-15-7-5-9-17(15)18;1-2-6-12(7-3-1)8-9-13(10-12)11-4-5-11/h15,19H,1-14,16H2,(H2,26,27,28,29);12H,4-11,13H2,1-3H3,(H,22,23,24);11H,1-10H2. The summed E-state index contributed by atoms with van der Waals surface area (Å²) in [4.78, 5) is 14.0. The van der Waals surface area contributed by atoms with E-state index >= 15 is 0 Å². The predicted octanol–water partition coefficient (Wildman–Crippen LogP) is 10.2. The van der Waals surface area contributed by atoms with Crippen LogP contribution in [0.25, 0.3) is 0 Å². The fraction of sp³-hybridized carbons (Fsp3) is 0.719. The first-order valence-corrected chi connectivity index (χ1v) is 37.2. The Hall–Kier alpha value is -3.43. The summed E-state index contributed by atoms with van der Waals surface area (Å²) in [5, 5.41) is 17.5. The van der Waals surface area contributed by atoms with E-state index in [4.69, 9.17) is 15.4 Å². The van der Waals surface area contributed by atoms with E-state index in [0.29, 0.717) is 37.0 Å².